The van der Waals surface area contributed by atoms with Gasteiger partial charge in [-0.15, -0.1) is 0 Å². The number of anilines is 1. The van der Waals surface area contributed by atoms with Crippen LogP contribution >= 0.6 is 11.6 Å². The number of rotatable bonds is 6. The van der Waals surface area contributed by atoms with Gasteiger partial charge in [0.15, 0.2) is 18.1 Å². The van der Waals surface area contributed by atoms with Crippen LogP contribution in [0.5, 0.6) is 11.5 Å². The van der Waals surface area contributed by atoms with E-state index in [9.17, 15) is 4.79 Å². The summed E-state index contributed by atoms with van der Waals surface area (Å²) in [6.07, 6.45) is 3.89. The monoisotopic (exact) mass is 331 g/mol. The van der Waals surface area contributed by atoms with Gasteiger partial charge in [0.2, 0.25) is 0 Å². The Morgan fingerprint density at radius 3 is 2.74 bits per heavy atom. The molecular weight excluding hydrogens is 314 g/mol. The molecule has 0 aliphatic carbocycles. The molecule has 0 heterocycles. The number of carbonyl (C=O) groups is 1. The van der Waals surface area contributed by atoms with Crippen LogP contribution in [-0.2, 0) is 4.79 Å². The highest BCUT2D eigenvalue weighted by Gasteiger charge is 2.08. The van der Waals surface area contributed by atoms with Gasteiger partial charge < -0.3 is 14.8 Å². The molecule has 0 aliphatic rings. The Labute approximate surface area is 140 Å². The van der Waals surface area contributed by atoms with E-state index in [-0.39, 0.29) is 12.5 Å². The molecule has 1 amide bonds. The summed E-state index contributed by atoms with van der Waals surface area (Å²) < 4.78 is 10.8. The van der Waals surface area contributed by atoms with Crippen molar-refractivity contribution in [2.45, 2.75) is 6.92 Å². The first kappa shape index (κ1) is 16.9. The third-order valence-electron chi connectivity index (χ3n) is 3.01. The molecule has 0 spiro atoms. The maximum atomic E-state index is 11.9. The number of ether oxygens (including phenoxy) is 2. The van der Waals surface area contributed by atoms with Crippen molar-refractivity contribution in [1.82, 2.24) is 0 Å². The molecule has 2 aromatic rings. The number of amides is 1. The molecule has 4 nitrogen and oxygen atoms in total. The van der Waals surface area contributed by atoms with E-state index < -0.39 is 0 Å². The van der Waals surface area contributed by atoms with Gasteiger partial charge in [-0.05, 0) is 42.8 Å². The lowest BCUT2D eigenvalue weighted by molar-refractivity contribution is -0.118. The third kappa shape index (κ3) is 5.04. The number of halogens is 1. The fourth-order valence-corrected chi connectivity index (χ4v) is 2.20. The summed E-state index contributed by atoms with van der Waals surface area (Å²) in [6.45, 7) is 1.82. The zero-order chi connectivity index (χ0) is 16.7. The van der Waals surface area contributed by atoms with E-state index >= 15 is 0 Å². The number of methoxy groups -OCH3 is 1. The Morgan fingerprint density at radius 2 is 2.04 bits per heavy atom. The second kappa shape index (κ2) is 8.25. The van der Waals surface area contributed by atoms with E-state index in [2.05, 4.69) is 5.32 Å². The molecule has 0 atom stereocenters. The van der Waals surface area contributed by atoms with Crippen molar-refractivity contribution in [3.63, 3.8) is 0 Å². The molecule has 0 radical (unpaired) electrons. The fraction of sp³-hybridized carbons (Fsp3) is 0.167. The summed E-state index contributed by atoms with van der Waals surface area (Å²) in [5.41, 5.74) is 1.63. The van der Waals surface area contributed by atoms with Gasteiger partial charge in [0.1, 0.15) is 0 Å². The van der Waals surface area contributed by atoms with Crippen molar-refractivity contribution in [3.05, 3.63) is 59.1 Å². The number of allylic oxidation sites excluding steroid dienone is 1. The van der Waals surface area contributed by atoms with Gasteiger partial charge in [0.05, 0.1) is 7.11 Å². The Kier molecular flexibility index (Phi) is 6.06. The van der Waals surface area contributed by atoms with E-state index in [1.807, 2.05) is 31.2 Å². The zero-order valence-electron chi connectivity index (χ0n) is 13.0. The lowest BCUT2D eigenvalue weighted by Crippen LogP contribution is -2.20. The normalized spacial score (nSPS) is 10.6. The molecule has 120 valence electrons. The van der Waals surface area contributed by atoms with Gasteiger partial charge in [0, 0.05) is 10.7 Å². The molecule has 0 aromatic heterocycles. The lowest BCUT2D eigenvalue weighted by atomic mass is 10.2. The van der Waals surface area contributed by atoms with E-state index in [1.54, 1.807) is 37.4 Å². The number of hydrogen-bond donors (Lipinski definition) is 1. The average molecular weight is 332 g/mol. The van der Waals surface area contributed by atoms with Crippen LogP contribution in [0.25, 0.3) is 6.08 Å². The van der Waals surface area contributed by atoms with Crippen molar-refractivity contribution in [2.75, 3.05) is 19.0 Å². The predicted octanol–water partition coefficient (Wildman–Crippen LogP) is 4.40. The van der Waals surface area contributed by atoms with Crippen LogP contribution < -0.4 is 14.8 Å². The van der Waals surface area contributed by atoms with Crippen LogP contribution in [0.3, 0.4) is 0 Å². The van der Waals surface area contributed by atoms with E-state index in [0.717, 1.165) is 5.56 Å². The van der Waals surface area contributed by atoms with Crippen LogP contribution in [0.1, 0.15) is 12.5 Å². The highest BCUT2D eigenvalue weighted by atomic mass is 35.5. The minimum Gasteiger partial charge on any atom is -0.493 e. The lowest BCUT2D eigenvalue weighted by Gasteiger charge is -2.11. The Hall–Kier alpha value is -2.46. The average Bonchev–Trinajstić information content (AvgIpc) is 2.54. The summed E-state index contributed by atoms with van der Waals surface area (Å²) in [4.78, 5) is 11.9. The molecule has 5 heteroatoms. The van der Waals surface area contributed by atoms with E-state index in [1.165, 1.54) is 0 Å². The minimum atomic E-state index is -0.271. The Balaban J connectivity index is 1.98. The predicted molar refractivity (Wildman–Crippen MR) is 93.3 cm³/mol. The molecule has 0 aliphatic heterocycles. The molecule has 0 bridgehead atoms. The number of hydrogen-bond acceptors (Lipinski definition) is 3. The highest BCUT2D eigenvalue weighted by Crippen LogP contribution is 2.28. The molecule has 0 saturated carbocycles. The summed E-state index contributed by atoms with van der Waals surface area (Å²) in [6, 6.07) is 12.5. The summed E-state index contributed by atoms with van der Waals surface area (Å²) >= 11 is 5.88. The first-order valence-corrected chi connectivity index (χ1v) is 7.49. The van der Waals surface area contributed by atoms with Crippen molar-refractivity contribution in [1.29, 1.82) is 0 Å². The Morgan fingerprint density at radius 1 is 1.22 bits per heavy atom. The van der Waals surface area contributed by atoms with Crippen LogP contribution in [0, 0.1) is 0 Å². The van der Waals surface area contributed by atoms with Gasteiger partial charge in [-0.25, -0.2) is 0 Å². The van der Waals surface area contributed by atoms with Crippen LogP contribution in [0.2, 0.25) is 5.02 Å². The smallest absolute Gasteiger partial charge is 0.262 e. The highest BCUT2D eigenvalue weighted by molar-refractivity contribution is 6.30. The van der Waals surface area contributed by atoms with Crippen LogP contribution in [-0.4, -0.2) is 19.6 Å². The largest absolute Gasteiger partial charge is 0.493 e. The molecule has 23 heavy (non-hydrogen) atoms. The van der Waals surface area contributed by atoms with Gasteiger partial charge in [-0.2, -0.15) is 0 Å². The summed E-state index contributed by atoms with van der Waals surface area (Å²) in [5.74, 6) is 0.824. The minimum absolute atomic E-state index is 0.119. The fourth-order valence-electron chi connectivity index (χ4n) is 2.01. The van der Waals surface area contributed by atoms with Gasteiger partial charge >= 0.3 is 0 Å². The molecule has 2 rings (SSSR count). The maximum Gasteiger partial charge on any atom is 0.262 e. The standard InChI is InChI=1S/C18H18ClNO3/c1-3-5-13-8-9-16(17(10-13)22-2)23-12-18(21)20-15-7-4-6-14(19)11-15/h3-11H,12H2,1-2H3,(H,20,21)/b5-3+. The van der Waals surface area contributed by atoms with E-state index in [0.29, 0.717) is 22.2 Å². The SMILES string of the molecule is C/C=C/c1ccc(OCC(=O)Nc2cccc(Cl)c2)c(OC)c1. The zero-order valence-corrected chi connectivity index (χ0v) is 13.8. The molecular formula is C18H18ClNO3. The first-order valence-electron chi connectivity index (χ1n) is 7.11. The van der Waals surface area contributed by atoms with Crippen LogP contribution in [0.15, 0.2) is 48.5 Å². The first-order chi connectivity index (χ1) is 11.1. The van der Waals surface area contributed by atoms with E-state index in [4.69, 9.17) is 21.1 Å². The van der Waals surface area contributed by atoms with Gasteiger partial charge in [-0.3, -0.25) is 4.79 Å². The molecule has 2 aromatic carbocycles. The Bertz CT molecular complexity index is 713. The quantitative estimate of drug-likeness (QED) is 0.853. The second-order valence-corrected chi connectivity index (χ2v) is 5.19. The molecule has 1 N–H and O–H groups in total. The van der Waals surface area contributed by atoms with Crippen molar-refractivity contribution in [3.8, 4) is 11.5 Å². The van der Waals surface area contributed by atoms with Gasteiger partial charge in [0.25, 0.3) is 5.91 Å². The number of carbonyl (C=O) groups excluding carboxylic acids is 1. The van der Waals surface area contributed by atoms with Crippen molar-refractivity contribution >= 4 is 29.3 Å². The number of nitrogens with one attached hydrogen (secondary N) is 1. The molecule has 0 saturated heterocycles. The molecule has 0 fully saturated rings. The topological polar surface area (TPSA) is 47.6 Å². The second-order valence-electron chi connectivity index (χ2n) is 4.76. The number of benzene rings is 2. The van der Waals surface area contributed by atoms with Gasteiger partial charge in [-0.1, -0.05) is 35.9 Å². The van der Waals surface area contributed by atoms with Crippen LogP contribution in [0.4, 0.5) is 5.69 Å². The summed E-state index contributed by atoms with van der Waals surface area (Å²) in [7, 11) is 1.56. The van der Waals surface area contributed by atoms with Crippen molar-refractivity contribution < 1.29 is 14.3 Å². The maximum absolute atomic E-state index is 11.9. The summed E-state index contributed by atoms with van der Waals surface area (Å²) in [5, 5.41) is 3.28. The molecule has 0 unspecified atom stereocenters. The van der Waals surface area contributed by atoms with Crippen molar-refractivity contribution in [2.24, 2.45) is 0 Å². The third-order valence-corrected chi connectivity index (χ3v) is 3.25.